The van der Waals surface area contributed by atoms with Crippen LogP contribution in [0.2, 0.25) is 0 Å². The Morgan fingerprint density at radius 3 is 1.72 bits per heavy atom. The lowest BCUT2D eigenvalue weighted by molar-refractivity contribution is 0.0762. The van der Waals surface area contributed by atoms with Crippen LogP contribution in [0.4, 0.5) is 0 Å². The Morgan fingerprint density at radius 2 is 1.38 bits per heavy atom. The summed E-state index contributed by atoms with van der Waals surface area (Å²) in [6.45, 7) is 21.3. The van der Waals surface area contributed by atoms with Crippen molar-refractivity contribution in [1.82, 2.24) is 0 Å². The van der Waals surface area contributed by atoms with Gasteiger partial charge >= 0.3 is 0 Å². The van der Waals surface area contributed by atoms with Crippen molar-refractivity contribution in [3.63, 3.8) is 0 Å². The second-order valence-electron chi connectivity index (χ2n) is 12.0. The van der Waals surface area contributed by atoms with Crippen LogP contribution in [0, 0.1) is 29.1 Å². The standard InChI is InChI=1S/C25H44O6S/c1-15(2)13-24(7,8)22(25(9,10)14-23(4,5)6)17-16(3)21(32(27,28)29)18(26)20(31-12)19(17)30-11/h15,22,26H,13-14H2,1-12H3,(H,27,28,29). The molecule has 1 atom stereocenters. The van der Waals surface area contributed by atoms with Crippen LogP contribution < -0.4 is 9.47 Å². The first-order valence-electron chi connectivity index (χ1n) is 11.2. The number of rotatable bonds is 9. The monoisotopic (exact) mass is 472 g/mol. The molecule has 186 valence electrons. The summed E-state index contributed by atoms with van der Waals surface area (Å²) in [5.74, 6) is -0.177. The van der Waals surface area contributed by atoms with Crippen LogP contribution in [0.5, 0.6) is 17.2 Å². The van der Waals surface area contributed by atoms with Crippen molar-refractivity contribution < 1.29 is 27.6 Å². The summed E-state index contributed by atoms with van der Waals surface area (Å²) in [5, 5.41) is 10.7. The van der Waals surface area contributed by atoms with Crippen molar-refractivity contribution in [3.8, 4) is 17.2 Å². The molecule has 0 aliphatic carbocycles. The highest BCUT2D eigenvalue weighted by Crippen LogP contribution is 2.60. The van der Waals surface area contributed by atoms with E-state index < -0.39 is 20.8 Å². The fourth-order valence-electron chi connectivity index (χ4n) is 6.34. The number of hydrogen-bond donors (Lipinski definition) is 2. The SMILES string of the molecule is COc1c(O)c(S(=O)(=O)O)c(C)c(C(C(C)(C)CC(C)C)C(C)(C)CC(C)(C)C)c1OC. The smallest absolute Gasteiger partial charge is 0.298 e. The molecule has 0 amide bonds. The number of aromatic hydroxyl groups is 1. The molecule has 32 heavy (non-hydrogen) atoms. The van der Waals surface area contributed by atoms with Crippen LogP contribution in [0.25, 0.3) is 0 Å². The van der Waals surface area contributed by atoms with Crippen LogP contribution >= 0.6 is 0 Å². The summed E-state index contributed by atoms with van der Waals surface area (Å²) in [4.78, 5) is -0.526. The lowest BCUT2D eigenvalue weighted by Gasteiger charge is -2.49. The van der Waals surface area contributed by atoms with Gasteiger partial charge in [-0.1, -0.05) is 62.3 Å². The number of benzene rings is 1. The number of phenols is 1. The molecule has 0 radical (unpaired) electrons. The van der Waals surface area contributed by atoms with Gasteiger partial charge in [0.1, 0.15) is 4.90 Å². The molecule has 1 aromatic rings. The summed E-state index contributed by atoms with van der Waals surface area (Å²) in [5.41, 5.74) is 0.400. The minimum atomic E-state index is -4.71. The van der Waals surface area contributed by atoms with Gasteiger partial charge in [-0.3, -0.25) is 4.55 Å². The Kier molecular flexibility index (Phi) is 8.40. The minimum Gasteiger partial charge on any atom is -0.503 e. The van der Waals surface area contributed by atoms with Gasteiger partial charge in [0.2, 0.25) is 5.75 Å². The van der Waals surface area contributed by atoms with Gasteiger partial charge in [-0.2, -0.15) is 8.42 Å². The molecule has 1 aromatic carbocycles. The normalized spacial score (nSPS) is 14.6. The van der Waals surface area contributed by atoms with E-state index >= 15 is 0 Å². The van der Waals surface area contributed by atoms with E-state index in [0.29, 0.717) is 17.2 Å². The average Bonchev–Trinajstić information content (AvgIpc) is 2.51. The second kappa shape index (κ2) is 9.41. The topological polar surface area (TPSA) is 93.1 Å². The van der Waals surface area contributed by atoms with Crippen molar-refractivity contribution in [2.75, 3.05) is 14.2 Å². The van der Waals surface area contributed by atoms with E-state index in [-0.39, 0.29) is 33.5 Å². The maximum Gasteiger partial charge on any atom is 0.298 e. The van der Waals surface area contributed by atoms with Crippen LogP contribution in [-0.2, 0) is 10.1 Å². The van der Waals surface area contributed by atoms with E-state index in [9.17, 15) is 18.1 Å². The Balaban J connectivity index is 4.23. The molecule has 1 unspecified atom stereocenters. The van der Waals surface area contributed by atoms with Crippen LogP contribution in [0.1, 0.15) is 92.2 Å². The number of methoxy groups -OCH3 is 2. The third kappa shape index (κ3) is 6.10. The van der Waals surface area contributed by atoms with Crippen molar-refractivity contribution in [3.05, 3.63) is 11.1 Å². The lowest BCUT2D eigenvalue weighted by Crippen LogP contribution is -2.38. The third-order valence-electron chi connectivity index (χ3n) is 6.06. The first-order valence-corrected chi connectivity index (χ1v) is 12.6. The molecule has 0 saturated heterocycles. The van der Waals surface area contributed by atoms with Crippen molar-refractivity contribution in [1.29, 1.82) is 0 Å². The summed E-state index contributed by atoms with van der Waals surface area (Å²) in [7, 11) is -1.88. The van der Waals surface area contributed by atoms with Gasteiger partial charge in [0.25, 0.3) is 10.1 Å². The maximum atomic E-state index is 12.3. The van der Waals surface area contributed by atoms with E-state index in [1.54, 1.807) is 6.92 Å². The molecular formula is C25H44O6S. The highest BCUT2D eigenvalue weighted by molar-refractivity contribution is 7.86. The Hall–Kier alpha value is -1.47. The zero-order chi connectivity index (χ0) is 25.4. The molecule has 0 fully saturated rings. The molecular weight excluding hydrogens is 428 g/mol. The predicted octanol–water partition coefficient (Wildman–Crippen LogP) is 6.58. The predicted molar refractivity (Wildman–Crippen MR) is 130 cm³/mol. The average molecular weight is 473 g/mol. The van der Waals surface area contributed by atoms with Crippen molar-refractivity contribution in [2.45, 2.75) is 92.9 Å². The van der Waals surface area contributed by atoms with E-state index in [1.165, 1.54) is 14.2 Å². The first kappa shape index (κ1) is 28.6. The Morgan fingerprint density at radius 1 is 0.906 bits per heavy atom. The highest BCUT2D eigenvalue weighted by atomic mass is 32.2. The third-order valence-corrected chi connectivity index (χ3v) is 7.08. The van der Waals surface area contributed by atoms with E-state index in [2.05, 4.69) is 62.3 Å². The van der Waals surface area contributed by atoms with Crippen molar-refractivity contribution in [2.24, 2.45) is 22.2 Å². The molecule has 2 N–H and O–H groups in total. The quantitative estimate of drug-likeness (QED) is 0.394. The maximum absolute atomic E-state index is 12.3. The molecule has 0 aliphatic heterocycles. The molecule has 6 nitrogen and oxygen atoms in total. The second-order valence-corrected chi connectivity index (χ2v) is 13.4. The summed E-state index contributed by atoms with van der Waals surface area (Å²) in [6, 6.07) is 0. The Bertz CT molecular complexity index is 921. The number of hydrogen-bond acceptors (Lipinski definition) is 5. The van der Waals surface area contributed by atoms with Crippen LogP contribution in [0.3, 0.4) is 0 Å². The summed E-state index contributed by atoms with van der Waals surface area (Å²) < 4.78 is 45.8. The largest absolute Gasteiger partial charge is 0.503 e. The fourth-order valence-corrected chi connectivity index (χ4v) is 7.17. The molecule has 0 bridgehead atoms. The van der Waals surface area contributed by atoms with E-state index in [0.717, 1.165) is 12.8 Å². The van der Waals surface area contributed by atoms with Gasteiger partial charge in [0.15, 0.2) is 11.5 Å². The molecule has 0 heterocycles. The molecule has 0 aliphatic rings. The van der Waals surface area contributed by atoms with E-state index in [1.807, 2.05) is 0 Å². The minimum absolute atomic E-state index is 0.0176. The molecule has 7 heteroatoms. The van der Waals surface area contributed by atoms with Gasteiger partial charge in [0, 0.05) is 5.56 Å². The van der Waals surface area contributed by atoms with Gasteiger partial charge in [-0.15, -0.1) is 0 Å². The first-order chi connectivity index (χ1) is 14.2. The number of ether oxygens (including phenoxy) is 2. The van der Waals surface area contributed by atoms with Gasteiger partial charge in [0.05, 0.1) is 14.2 Å². The van der Waals surface area contributed by atoms with Gasteiger partial charge in [-0.25, -0.2) is 0 Å². The number of phenolic OH excluding ortho intramolecular Hbond substituents is 1. The molecule has 0 aromatic heterocycles. The zero-order valence-electron chi connectivity index (χ0n) is 22.0. The highest BCUT2D eigenvalue weighted by Gasteiger charge is 2.47. The molecule has 0 saturated carbocycles. The fraction of sp³-hybridized carbons (Fsp3) is 0.760. The summed E-state index contributed by atoms with van der Waals surface area (Å²) in [6.07, 6.45) is 1.75. The van der Waals surface area contributed by atoms with Gasteiger partial charge in [-0.05, 0) is 53.4 Å². The summed E-state index contributed by atoms with van der Waals surface area (Å²) >= 11 is 0. The zero-order valence-corrected chi connectivity index (χ0v) is 22.8. The molecule has 0 spiro atoms. The van der Waals surface area contributed by atoms with E-state index in [4.69, 9.17) is 9.47 Å². The van der Waals surface area contributed by atoms with Crippen molar-refractivity contribution >= 4 is 10.1 Å². The Labute approximate surface area is 195 Å². The molecule has 1 rings (SSSR count). The van der Waals surface area contributed by atoms with Gasteiger partial charge < -0.3 is 14.6 Å². The lowest BCUT2D eigenvalue weighted by atomic mass is 9.56. The van der Waals surface area contributed by atoms with Crippen LogP contribution in [-0.4, -0.2) is 32.3 Å². The van der Waals surface area contributed by atoms with Crippen LogP contribution in [0.15, 0.2) is 4.90 Å².